The molecule has 0 aromatic carbocycles. The molecular weight excluding hydrogens is 333 g/mol. The van der Waals surface area contributed by atoms with E-state index in [4.69, 9.17) is 4.74 Å². The highest BCUT2D eigenvalue weighted by molar-refractivity contribution is 7.14. The number of amides is 1. The van der Waals surface area contributed by atoms with Crippen molar-refractivity contribution in [3.63, 3.8) is 0 Å². The van der Waals surface area contributed by atoms with Gasteiger partial charge in [-0.05, 0) is 17.5 Å². The smallest absolute Gasteiger partial charge is 0.236 e. The van der Waals surface area contributed by atoms with Crippen LogP contribution in [0.3, 0.4) is 0 Å². The molecule has 1 fully saturated rings. The van der Waals surface area contributed by atoms with Crippen molar-refractivity contribution in [2.45, 2.75) is 0 Å². The van der Waals surface area contributed by atoms with E-state index in [1.807, 2.05) is 4.90 Å². The van der Waals surface area contributed by atoms with Gasteiger partial charge >= 0.3 is 0 Å². The second kappa shape index (κ2) is 11.1. The minimum Gasteiger partial charge on any atom is -0.383 e. The molecule has 122 valence electrons. The molecule has 21 heavy (non-hydrogen) atoms. The summed E-state index contributed by atoms with van der Waals surface area (Å²) in [6.45, 7) is 5.22. The first-order valence-corrected chi connectivity index (χ1v) is 7.45. The molecule has 1 aromatic rings. The molecule has 5 nitrogen and oxygen atoms in total. The van der Waals surface area contributed by atoms with Gasteiger partial charge in [0.15, 0.2) is 0 Å². The average Bonchev–Trinajstić information content (AvgIpc) is 2.98. The largest absolute Gasteiger partial charge is 0.383 e. The van der Waals surface area contributed by atoms with Gasteiger partial charge in [0.05, 0.1) is 18.2 Å². The lowest BCUT2D eigenvalue weighted by molar-refractivity contribution is -0.130. The number of ether oxygens (including phenoxy) is 1. The van der Waals surface area contributed by atoms with Gasteiger partial charge in [0.25, 0.3) is 0 Å². The Morgan fingerprint density at radius 2 is 2.05 bits per heavy atom. The van der Waals surface area contributed by atoms with Gasteiger partial charge in [-0.3, -0.25) is 4.79 Å². The van der Waals surface area contributed by atoms with E-state index in [-0.39, 0.29) is 30.7 Å². The normalized spacial score (nSPS) is 14.3. The summed E-state index contributed by atoms with van der Waals surface area (Å²) in [4.78, 5) is 16.2. The summed E-state index contributed by atoms with van der Waals surface area (Å²) in [7, 11) is 1.66. The number of thiophene rings is 1. The van der Waals surface area contributed by atoms with Crippen LogP contribution in [0.2, 0.25) is 0 Å². The molecule has 1 aliphatic rings. The molecule has 0 bridgehead atoms. The minimum absolute atomic E-state index is 0. The van der Waals surface area contributed by atoms with Crippen molar-refractivity contribution in [1.82, 2.24) is 10.2 Å². The van der Waals surface area contributed by atoms with Gasteiger partial charge in [-0.2, -0.15) is 0 Å². The fourth-order valence-corrected chi connectivity index (χ4v) is 2.89. The molecule has 0 unspecified atom stereocenters. The zero-order valence-corrected chi connectivity index (χ0v) is 14.6. The lowest BCUT2D eigenvalue weighted by Gasteiger charge is -2.35. The van der Waals surface area contributed by atoms with Crippen molar-refractivity contribution >= 4 is 47.1 Å². The van der Waals surface area contributed by atoms with E-state index >= 15 is 0 Å². The molecule has 1 amide bonds. The first-order chi connectivity index (χ1) is 9.31. The van der Waals surface area contributed by atoms with Crippen molar-refractivity contribution < 1.29 is 9.53 Å². The zero-order valence-electron chi connectivity index (χ0n) is 12.1. The van der Waals surface area contributed by atoms with E-state index in [9.17, 15) is 4.79 Å². The Kier molecular flexibility index (Phi) is 10.8. The van der Waals surface area contributed by atoms with Gasteiger partial charge in [0.1, 0.15) is 0 Å². The van der Waals surface area contributed by atoms with Crippen molar-refractivity contribution in [1.29, 1.82) is 0 Å². The number of hydrogen-bond acceptors (Lipinski definition) is 5. The van der Waals surface area contributed by atoms with E-state index in [1.54, 1.807) is 18.4 Å². The molecule has 0 saturated carbocycles. The number of piperazine rings is 1. The van der Waals surface area contributed by atoms with E-state index in [0.29, 0.717) is 13.2 Å². The summed E-state index contributed by atoms with van der Waals surface area (Å²) in [5, 5.41) is 6.48. The lowest BCUT2D eigenvalue weighted by atomic mass is 10.3. The van der Waals surface area contributed by atoms with Crippen LogP contribution >= 0.6 is 36.2 Å². The van der Waals surface area contributed by atoms with Crippen LogP contribution in [0.25, 0.3) is 0 Å². The summed E-state index contributed by atoms with van der Waals surface area (Å²) >= 11 is 1.75. The predicted molar refractivity (Wildman–Crippen MR) is 92.4 cm³/mol. The maximum atomic E-state index is 12.0. The third kappa shape index (κ3) is 6.40. The quantitative estimate of drug-likeness (QED) is 0.785. The summed E-state index contributed by atoms with van der Waals surface area (Å²) in [5.74, 6) is 0.182. The highest BCUT2D eigenvalue weighted by Crippen LogP contribution is 2.22. The average molecular weight is 356 g/mol. The fraction of sp³-hybridized carbons (Fsp3) is 0.615. The SMILES string of the molecule is COCCNCC(=O)N1CCN(c2cccs2)CC1.Cl.Cl. The van der Waals surface area contributed by atoms with Gasteiger partial charge < -0.3 is 19.9 Å². The van der Waals surface area contributed by atoms with Crippen LogP contribution in [-0.2, 0) is 9.53 Å². The minimum atomic E-state index is 0. The maximum Gasteiger partial charge on any atom is 0.236 e. The number of anilines is 1. The van der Waals surface area contributed by atoms with Gasteiger partial charge in [0.2, 0.25) is 5.91 Å². The number of carbonyl (C=O) groups excluding carboxylic acids is 1. The Morgan fingerprint density at radius 1 is 1.33 bits per heavy atom. The van der Waals surface area contributed by atoms with Crippen LogP contribution in [-0.4, -0.2) is 63.8 Å². The Bertz CT molecular complexity index is 385. The first kappa shape index (κ1) is 20.5. The Balaban J connectivity index is 0.00000200. The molecule has 2 rings (SSSR count). The summed E-state index contributed by atoms with van der Waals surface area (Å²) < 4.78 is 4.93. The number of hydrogen-bond donors (Lipinski definition) is 1. The van der Waals surface area contributed by atoms with Crippen LogP contribution in [0.1, 0.15) is 0 Å². The highest BCUT2D eigenvalue weighted by atomic mass is 35.5. The van der Waals surface area contributed by atoms with Crippen LogP contribution in [0.5, 0.6) is 0 Å². The fourth-order valence-electron chi connectivity index (χ4n) is 2.11. The summed E-state index contributed by atoms with van der Waals surface area (Å²) in [6, 6.07) is 4.20. The number of methoxy groups -OCH3 is 1. The molecule has 1 N–H and O–H groups in total. The molecule has 0 radical (unpaired) electrons. The molecule has 2 heterocycles. The zero-order chi connectivity index (χ0) is 13.5. The third-order valence-electron chi connectivity index (χ3n) is 3.21. The molecule has 1 saturated heterocycles. The molecule has 0 atom stereocenters. The van der Waals surface area contributed by atoms with Crippen LogP contribution in [0.15, 0.2) is 17.5 Å². The number of nitrogens with one attached hydrogen (secondary N) is 1. The van der Waals surface area contributed by atoms with Crippen molar-refractivity contribution in [2.24, 2.45) is 0 Å². The van der Waals surface area contributed by atoms with Gasteiger partial charge in [0, 0.05) is 39.8 Å². The standard InChI is InChI=1S/C13H21N3O2S.2ClH/c1-18-9-4-14-11-12(17)15-5-7-16(8-6-15)13-3-2-10-19-13;;/h2-3,10,14H,4-9,11H2,1H3;2*1H. The van der Waals surface area contributed by atoms with Crippen molar-refractivity contribution in [3.8, 4) is 0 Å². The van der Waals surface area contributed by atoms with Gasteiger partial charge in [-0.1, -0.05) is 0 Å². The van der Waals surface area contributed by atoms with Gasteiger partial charge in [-0.15, -0.1) is 36.2 Å². The second-order valence-electron chi connectivity index (χ2n) is 4.49. The third-order valence-corrected chi connectivity index (χ3v) is 4.14. The molecular formula is C13H23Cl2N3O2S. The number of nitrogens with zero attached hydrogens (tertiary/aromatic N) is 2. The van der Waals surface area contributed by atoms with Crippen LogP contribution < -0.4 is 10.2 Å². The lowest BCUT2D eigenvalue weighted by Crippen LogP contribution is -2.50. The molecule has 8 heteroatoms. The molecule has 1 aromatic heterocycles. The van der Waals surface area contributed by atoms with Crippen LogP contribution in [0, 0.1) is 0 Å². The topological polar surface area (TPSA) is 44.8 Å². The Morgan fingerprint density at radius 3 is 2.62 bits per heavy atom. The maximum absolute atomic E-state index is 12.0. The van der Waals surface area contributed by atoms with Gasteiger partial charge in [-0.25, -0.2) is 0 Å². The number of carbonyl (C=O) groups is 1. The first-order valence-electron chi connectivity index (χ1n) is 6.57. The summed E-state index contributed by atoms with van der Waals surface area (Å²) in [6.07, 6.45) is 0. The number of halogens is 2. The van der Waals surface area contributed by atoms with Crippen molar-refractivity contribution in [2.75, 3.05) is 57.9 Å². The summed E-state index contributed by atoms with van der Waals surface area (Å²) in [5.41, 5.74) is 0. The number of rotatable bonds is 6. The highest BCUT2D eigenvalue weighted by Gasteiger charge is 2.21. The predicted octanol–water partition coefficient (Wildman–Crippen LogP) is 1.48. The molecule has 1 aliphatic heterocycles. The monoisotopic (exact) mass is 355 g/mol. The van der Waals surface area contributed by atoms with Crippen molar-refractivity contribution in [3.05, 3.63) is 17.5 Å². The van der Waals surface area contributed by atoms with E-state index in [1.165, 1.54) is 5.00 Å². The molecule has 0 spiro atoms. The second-order valence-corrected chi connectivity index (χ2v) is 5.41. The van der Waals surface area contributed by atoms with E-state index < -0.39 is 0 Å². The Labute approximate surface area is 142 Å². The Hall–Kier alpha value is -0.530. The van der Waals surface area contributed by atoms with E-state index in [2.05, 4.69) is 27.7 Å². The van der Waals surface area contributed by atoms with Crippen LogP contribution in [0.4, 0.5) is 5.00 Å². The van der Waals surface area contributed by atoms with E-state index in [0.717, 1.165) is 32.7 Å². The molecule has 0 aliphatic carbocycles.